The molecule has 0 bridgehead atoms. The highest BCUT2D eigenvalue weighted by Crippen LogP contribution is 2.23. The highest BCUT2D eigenvalue weighted by molar-refractivity contribution is 7.92. The lowest BCUT2D eigenvalue weighted by molar-refractivity contribution is 0.102. The second kappa shape index (κ2) is 7.47. The van der Waals surface area contributed by atoms with Gasteiger partial charge in [-0.2, -0.15) is 0 Å². The molecule has 0 aliphatic carbocycles. The highest BCUT2D eigenvalue weighted by atomic mass is 32.2. The summed E-state index contributed by atoms with van der Waals surface area (Å²) in [5.41, 5.74) is 3.97. The summed E-state index contributed by atoms with van der Waals surface area (Å²) in [6.45, 7) is 7.08. The van der Waals surface area contributed by atoms with E-state index in [1.54, 1.807) is 19.1 Å². The Bertz CT molecular complexity index is 1110. The molecule has 0 spiro atoms. The minimum absolute atomic E-state index is 0.0176. The van der Waals surface area contributed by atoms with Gasteiger partial charge >= 0.3 is 0 Å². The normalized spacial score (nSPS) is 11.3. The number of nitrogens with zero attached hydrogens (tertiary/aromatic N) is 1. The summed E-state index contributed by atoms with van der Waals surface area (Å²) >= 11 is 0. The summed E-state index contributed by atoms with van der Waals surface area (Å²) < 4.78 is 32.5. The Hall–Kier alpha value is -3.13. The van der Waals surface area contributed by atoms with Crippen LogP contribution in [-0.4, -0.2) is 19.5 Å². The number of hydrogen-bond acceptors (Lipinski definition) is 5. The predicted molar refractivity (Wildman–Crippen MR) is 107 cm³/mol. The Morgan fingerprint density at radius 1 is 0.929 bits per heavy atom. The number of carbonyl (C=O) groups is 1. The van der Waals surface area contributed by atoms with Crippen LogP contribution in [0.5, 0.6) is 0 Å². The Morgan fingerprint density at radius 3 is 2.14 bits per heavy atom. The molecule has 0 saturated carbocycles. The Morgan fingerprint density at radius 2 is 1.57 bits per heavy atom. The second-order valence-electron chi connectivity index (χ2n) is 6.59. The molecule has 0 radical (unpaired) electrons. The first kappa shape index (κ1) is 19.6. The first-order valence-corrected chi connectivity index (χ1v) is 10.1. The van der Waals surface area contributed by atoms with Crippen molar-refractivity contribution < 1.29 is 17.7 Å². The number of aryl methyl sites for hydroxylation is 4. The van der Waals surface area contributed by atoms with E-state index in [2.05, 4.69) is 15.2 Å². The molecule has 1 amide bonds. The van der Waals surface area contributed by atoms with Crippen molar-refractivity contribution in [3.05, 3.63) is 70.6 Å². The van der Waals surface area contributed by atoms with Crippen LogP contribution in [0, 0.1) is 27.7 Å². The lowest BCUT2D eigenvalue weighted by Crippen LogP contribution is -2.15. The molecule has 0 saturated heterocycles. The van der Waals surface area contributed by atoms with E-state index >= 15 is 0 Å². The summed E-state index contributed by atoms with van der Waals surface area (Å²) in [6, 6.07) is 11.9. The molecule has 0 fully saturated rings. The topological polar surface area (TPSA) is 101 Å². The SMILES string of the molecule is Cc1ccc(NC(=O)c2ccc(NS(=O)(=O)c3c(C)noc3C)cc2)cc1C. The number of hydrogen-bond donors (Lipinski definition) is 2. The van der Waals surface area contributed by atoms with Gasteiger partial charge in [0, 0.05) is 16.9 Å². The Kier molecular flexibility index (Phi) is 5.24. The molecule has 0 unspecified atom stereocenters. The molecule has 0 aliphatic heterocycles. The molecule has 1 heterocycles. The van der Waals surface area contributed by atoms with Gasteiger partial charge in [-0.1, -0.05) is 11.2 Å². The number of carbonyl (C=O) groups excluding carboxylic acids is 1. The van der Waals surface area contributed by atoms with Gasteiger partial charge in [0.1, 0.15) is 5.69 Å². The van der Waals surface area contributed by atoms with Crippen molar-refractivity contribution >= 4 is 27.3 Å². The molecule has 0 atom stereocenters. The van der Waals surface area contributed by atoms with Crippen molar-refractivity contribution in [2.75, 3.05) is 10.0 Å². The van der Waals surface area contributed by atoms with Crippen LogP contribution in [0.4, 0.5) is 11.4 Å². The van der Waals surface area contributed by atoms with Gasteiger partial charge in [0.2, 0.25) is 0 Å². The average Bonchev–Trinajstić information content (AvgIpc) is 2.97. The summed E-state index contributed by atoms with van der Waals surface area (Å²) in [6.07, 6.45) is 0. The lowest BCUT2D eigenvalue weighted by atomic mass is 10.1. The van der Waals surface area contributed by atoms with Crippen LogP contribution in [0.1, 0.15) is 32.9 Å². The molecule has 28 heavy (non-hydrogen) atoms. The van der Waals surface area contributed by atoms with Crippen LogP contribution in [-0.2, 0) is 10.0 Å². The van der Waals surface area contributed by atoms with Crippen LogP contribution in [0.2, 0.25) is 0 Å². The van der Waals surface area contributed by atoms with Crippen LogP contribution in [0.25, 0.3) is 0 Å². The molecule has 1 aromatic heterocycles. The zero-order valence-corrected chi connectivity index (χ0v) is 16.8. The van der Waals surface area contributed by atoms with Gasteiger partial charge in [-0.15, -0.1) is 0 Å². The molecule has 2 aromatic carbocycles. The van der Waals surface area contributed by atoms with E-state index < -0.39 is 10.0 Å². The van der Waals surface area contributed by atoms with E-state index in [0.717, 1.165) is 11.1 Å². The van der Waals surface area contributed by atoms with E-state index in [9.17, 15) is 13.2 Å². The summed E-state index contributed by atoms with van der Waals surface area (Å²) in [4.78, 5) is 12.4. The highest BCUT2D eigenvalue weighted by Gasteiger charge is 2.24. The fourth-order valence-electron chi connectivity index (χ4n) is 2.78. The fraction of sp³-hybridized carbons (Fsp3) is 0.200. The maximum absolute atomic E-state index is 12.5. The predicted octanol–water partition coefficient (Wildman–Crippen LogP) is 3.96. The van der Waals surface area contributed by atoms with Gasteiger partial charge in [-0.05, 0) is 75.2 Å². The third-order valence-corrected chi connectivity index (χ3v) is 6.03. The van der Waals surface area contributed by atoms with Gasteiger partial charge in [-0.3, -0.25) is 9.52 Å². The number of amides is 1. The van der Waals surface area contributed by atoms with Crippen molar-refractivity contribution in [1.82, 2.24) is 5.16 Å². The summed E-state index contributed by atoms with van der Waals surface area (Å²) in [7, 11) is -3.83. The first-order valence-electron chi connectivity index (χ1n) is 8.62. The molecule has 3 aromatic rings. The molecule has 146 valence electrons. The summed E-state index contributed by atoms with van der Waals surface area (Å²) in [5, 5.41) is 6.50. The zero-order valence-electron chi connectivity index (χ0n) is 16.0. The number of rotatable bonds is 5. The first-order chi connectivity index (χ1) is 13.2. The summed E-state index contributed by atoms with van der Waals surface area (Å²) in [5.74, 6) is -0.0576. The van der Waals surface area contributed by atoms with Crippen molar-refractivity contribution in [1.29, 1.82) is 0 Å². The van der Waals surface area contributed by atoms with Gasteiger partial charge in [0.05, 0.1) is 0 Å². The van der Waals surface area contributed by atoms with E-state index in [1.165, 1.54) is 19.1 Å². The monoisotopic (exact) mass is 399 g/mol. The van der Waals surface area contributed by atoms with Crippen molar-refractivity contribution in [2.24, 2.45) is 0 Å². The quantitative estimate of drug-likeness (QED) is 0.676. The van der Waals surface area contributed by atoms with Gasteiger partial charge in [0.25, 0.3) is 15.9 Å². The molecular weight excluding hydrogens is 378 g/mol. The van der Waals surface area contributed by atoms with E-state index in [-0.39, 0.29) is 22.3 Å². The Labute approximate surface area is 163 Å². The average molecular weight is 399 g/mol. The van der Waals surface area contributed by atoms with Gasteiger partial charge < -0.3 is 9.84 Å². The number of aromatic nitrogens is 1. The van der Waals surface area contributed by atoms with Gasteiger partial charge in [-0.25, -0.2) is 8.42 Å². The molecular formula is C20H21N3O4S. The van der Waals surface area contributed by atoms with Gasteiger partial charge in [0.15, 0.2) is 10.7 Å². The number of anilines is 2. The number of nitrogens with one attached hydrogen (secondary N) is 2. The van der Waals surface area contributed by atoms with Crippen LogP contribution < -0.4 is 10.0 Å². The van der Waals surface area contributed by atoms with Crippen LogP contribution in [0.3, 0.4) is 0 Å². The minimum Gasteiger partial charge on any atom is -0.360 e. The van der Waals surface area contributed by atoms with E-state index in [4.69, 9.17) is 4.52 Å². The molecule has 0 aliphatic rings. The standard InChI is InChI=1S/C20H21N3O4S/c1-12-5-8-18(11-13(12)2)21-20(24)16-6-9-17(10-7-16)23-28(25,26)19-14(3)22-27-15(19)4/h5-11,23H,1-4H3,(H,21,24). The van der Waals surface area contributed by atoms with Crippen molar-refractivity contribution in [3.8, 4) is 0 Å². The van der Waals surface area contributed by atoms with E-state index in [0.29, 0.717) is 16.9 Å². The third-order valence-electron chi connectivity index (χ3n) is 4.40. The second-order valence-corrected chi connectivity index (χ2v) is 8.21. The molecule has 2 N–H and O–H groups in total. The zero-order chi connectivity index (χ0) is 20.5. The van der Waals surface area contributed by atoms with Crippen LogP contribution in [0.15, 0.2) is 51.9 Å². The minimum atomic E-state index is -3.83. The number of sulfonamides is 1. The third kappa shape index (κ3) is 4.07. The largest absolute Gasteiger partial charge is 0.360 e. The van der Waals surface area contributed by atoms with Crippen LogP contribution >= 0.6 is 0 Å². The van der Waals surface area contributed by atoms with Crippen molar-refractivity contribution in [3.63, 3.8) is 0 Å². The van der Waals surface area contributed by atoms with Crippen molar-refractivity contribution in [2.45, 2.75) is 32.6 Å². The lowest BCUT2D eigenvalue weighted by Gasteiger charge is -2.10. The number of benzene rings is 2. The fourth-order valence-corrected chi connectivity index (χ4v) is 4.17. The maximum Gasteiger partial charge on any atom is 0.267 e. The molecule has 8 heteroatoms. The maximum atomic E-state index is 12.5. The Balaban J connectivity index is 1.74. The smallest absolute Gasteiger partial charge is 0.267 e. The molecule has 7 nitrogen and oxygen atoms in total. The van der Waals surface area contributed by atoms with E-state index in [1.807, 2.05) is 32.0 Å². The molecule has 3 rings (SSSR count).